The van der Waals surface area contributed by atoms with E-state index in [0.717, 1.165) is 26.3 Å². The number of rotatable bonds is 5. The van der Waals surface area contributed by atoms with E-state index in [9.17, 15) is 0 Å². The molecule has 0 aromatic heterocycles. The third-order valence-corrected chi connectivity index (χ3v) is 3.68. The van der Waals surface area contributed by atoms with Crippen molar-refractivity contribution in [3.05, 3.63) is 0 Å². The molecule has 0 aliphatic carbocycles. The lowest BCUT2D eigenvalue weighted by molar-refractivity contribution is -0.0739. The molecule has 2 saturated heterocycles. The monoisotopic (exact) mass is 228 g/mol. The van der Waals surface area contributed by atoms with E-state index in [0.29, 0.717) is 12.1 Å². The van der Waals surface area contributed by atoms with Crippen LogP contribution >= 0.6 is 0 Å². The van der Waals surface area contributed by atoms with Crippen molar-refractivity contribution in [2.45, 2.75) is 38.0 Å². The fourth-order valence-corrected chi connectivity index (χ4v) is 2.83. The van der Waals surface area contributed by atoms with Gasteiger partial charge in [-0.2, -0.15) is 0 Å². The van der Waals surface area contributed by atoms with Crippen LogP contribution in [0.25, 0.3) is 0 Å². The molecule has 0 spiro atoms. The van der Waals surface area contributed by atoms with E-state index in [1.165, 1.54) is 19.4 Å². The highest BCUT2D eigenvalue weighted by Crippen LogP contribution is 2.23. The molecule has 94 valence electrons. The van der Waals surface area contributed by atoms with Gasteiger partial charge in [-0.05, 0) is 25.9 Å². The maximum Gasteiger partial charge on any atom is 0.0878 e. The van der Waals surface area contributed by atoms with Crippen LogP contribution in [0.5, 0.6) is 0 Å². The Labute approximate surface area is 98.3 Å². The summed E-state index contributed by atoms with van der Waals surface area (Å²) in [5.74, 6) is 0. The van der Waals surface area contributed by atoms with Crippen molar-refractivity contribution in [3.8, 4) is 0 Å². The van der Waals surface area contributed by atoms with Crippen LogP contribution in [0, 0.1) is 0 Å². The Kier molecular flexibility index (Phi) is 4.58. The van der Waals surface area contributed by atoms with Gasteiger partial charge in [0.2, 0.25) is 0 Å². The Morgan fingerprint density at radius 2 is 2.44 bits per heavy atom. The summed E-state index contributed by atoms with van der Waals surface area (Å²) < 4.78 is 11.2. The second-order valence-corrected chi connectivity index (χ2v) is 4.78. The van der Waals surface area contributed by atoms with E-state index >= 15 is 0 Å². The number of nitrogens with zero attached hydrogens (tertiary/aromatic N) is 1. The minimum atomic E-state index is 0.286. The molecule has 0 radical (unpaired) electrons. The lowest BCUT2D eigenvalue weighted by Crippen LogP contribution is -2.55. The fraction of sp³-hybridized carbons (Fsp3) is 1.00. The summed E-state index contributed by atoms with van der Waals surface area (Å²) in [4.78, 5) is 2.58. The van der Waals surface area contributed by atoms with Crippen LogP contribution in [0.4, 0.5) is 0 Å². The van der Waals surface area contributed by atoms with Gasteiger partial charge >= 0.3 is 0 Å². The van der Waals surface area contributed by atoms with Gasteiger partial charge in [0.15, 0.2) is 0 Å². The molecule has 4 heteroatoms. The maximum absolute atomic E-state index is 5.97. The molecule has 2 aliphatic heterocycles. The molecule has 3 atom stereocenters. The zero-order valence-corrected chi connectivity index (χ0v) is 10.4. The number of fused-ring (bicyclic) bond motifs is 1. The zero-order valence-electron chi connectivity index (χ0n) is 10.4. The molecular weight excluding hydrogens is 204 g/mol. The highest BCUT2D eigenvalue weighted by molar-refractivity contribution is 4.89. The summed E-state index contributed by atoms with van der Waals surface area (Å²) in [5.41, 5.74) is 0. The molecule has 0 bridgehead atoms. The minimum absolute atomic E-state index is 0.286. The van der Waals surface area contributed by atoms with Gasteiger partial charge < -0.3 is 14.8 Å². The Bertz CT molecular complexity index is 207. The summed E-state index contributed by atoms with van der Waals surface area (Å²) in [5, 5.41) is 3.46. The number of hydrogen-bond acceptors (Lipinski definition) is 4. The van der Waals surface area contributed by atoms with E-state index in [4.69, 9.17) is 9.47 Å². The quantitative estimate of drug-likeness (QED) is 0.742. The van der Waals surface area contributed by atoms with Crippen LogP contribution < -0.4 is 5.32 Å². The second kappa shape index (κ2) is 5.96. The summed E-state index contributed by atoms with van der Waals surface area (Å²) in [6.07, 6.45) is 2.93. The third kappa shape index (κ3) is 2.74. The molecule has 0 saturated carbocycles. The number of hydrogen-bond donors (Lipinski definition) is 1. The Morgan fingerprint density at radius 3 is 3.19 bits per heavy atom. The Balaban J connectivity index is 1.87. The Hall–Kier alpha value is -0.160. The summed E-state index contributed by atoms with van der Waals surface area (Å²) in [6, 6.07) is 1.01. The van der Waals surface area contributed by atoms with Gasteiger partial charge in [0.05, 0.1) is 25.4 Å². The van der Waals surface area contributed by atoms with Crippen LogP contribution in [-0.2, 0) is 9.47 Å². The van der Waals surface area contributed by atoms with Crippen LogP contribution in [0.1, 0.15) is 19.8 Å². The van der Waals surface area contributed by atoms with Crippen molar-refractivity contribution in [3.63, 3.8) is 0 Å². The van der Waals surface area contributed by atoms with Crippen LogP contribution in [0.2, 0.25) is 0 Å². The predicted molar refractivity (Wildman–Crippen MR) is 63.7 cm³/mol. The Morgan fingerprint density at radius 1 is 1.56 bits per heavy atom. The van der Waals surface area contributed by atoms with E-state index in [1.807, 2.05) is 0 Å². The first-order valence-corrected chi connectivity index (χ1v) is 6.43. The number of methoxy groups -OCH3 is 1. The van der Waals surface area contributed by atoms with Crippen LogP contribution in [0.3, 0.4) is 0 Å². The fourth-order valence-electron chi connectivity index (χ4n) is 2.83. The van der Waals surface area contributed by atoms with E-state index in [2.05, 4.69) is 17.1 Å². The molecule has 2 heterocycles. The van der Waals surface area contributed by atoms with Crippen molar-refractivity contribution in [1.29, 1.82) is 0 Å². The number of ether oxygens (including phenoxy) is 2. The van der Waals surface area contributed by atoms with E-state index in [1.54, 1.807) is 7.11 Å². The molecule has 0 aromatic rings. The normalized spacial score (nSPS) is 32.6. The van der Waals surface area contributed by atoms with Gasteiger partial charge in [-0.25, -0.2) is 0 Å². The molecule has 2 rings (SSSR count). The minimum Gasteiger partial charge on any atom is -0.383 e. The number of likely N-dealkylation sites (N-methyl/N-ethyl adjacent to an activating group) is 1. The van der Waals surface area contributed by atoms with Crippen molar-refractivity contribution in [1.82, 2.24) is 10.2 Å². The average Bonchev–Trinajstić information content (AvgIpc) is 2.75. The lowest BCUT2D eigenvalue weighted by Gasteiger charge is -2.38. The lowest BCUT2D eigenvalue weighted by atomic mass is 10.1. The third-order valence-electron chi connectivity index (χ3n) is 3.68. The predicted octanol–water partition coefficient (Wildman–Crippen LogP) is 0.474. The van der Waals surface area contributed by atoms with Crippen molar-refractivity contribution in [2.24, 2.45) is 0 Å². The van der Waals surface area contributed by atoms with Crippen molar-refractivity contribution >= 4 is 0 Å². The van der Waals surface area contributed by atoms with E-state index in [-0.39, 0.29) is 6.10 Å². The van der Waals surface area contributed by atoms with Crippen molar-refractivity contribution < 1.29 is 9.47 Å². The molecule has 16 heavy (non-hydrogen) atoms. The average molecular weight is 228 g/mol. The second-order valence-electron chi connectivity index (χ2n) is 4.78. The van der Waals surface area contributed by atoms with Gasteiger partial charge in [0.25, 0.3) is 0 Å². The first-order valence-electron chi connectivity index (χ1n) is 6.43. The zero-order chi connectivity index (χ0) is 11.4. The van der Waals surface area contributed by atoms with Crippen molar-refractivity contribution in [2.75, 3.05) is 40.0 Å². The highest BCUT2D eigenvalue weighted by atomic mass is 16.5. The molecule has 2 fully saturated rings. The van der Waals surface area contributed by atoms with Crippen LogP contribution in [0.15, 0.2) is 0 Å². The molecular formula is C12H24N2O2. The smallest absolute Gasteiger partial charge is 0.0878 e. The SMILES string of the molecule is CCNC(COC)C1CN2CCCC2CO1. The number of morpholine rings is 1. The first kappa shape index (κ1) is 12.3. The highest BCUT2D eigenvalue weighted by Gasteiger charge is 2.35. The van der Waals surface area contributed by atoms with Gasteiger partial charge in [0.1, 0.15) is 0 Å². The molecule has 0 amide bonds. The topological polar surface area (TPSA) is 33.7 Å². The number of nitrogens with one attached hydrogen (secondary N) is 1. The van der Waals surface area contributed by atoms with E-state index < -0.39 is 0 Å². The molecule has 4 nitrogen and oxygen atoms in total. The standard InChI is InChI=1S/C12H24N2O2/c1-3-13-11(9-15-2)12-7-14-6-4-5-10(14)8-16-12/h10-13H,3-9H2,1-2H3. The summed E-state index contributed by atoms with van der Waals surface area (Å²) in [6.45, 7) is 7.04. The summed E-state index contributed by atoms with van der Waals surface area (Å²) >= 11 is 0. The summed E-state index contributed by atoms with van der Waals surface area (Å²) in [7, 11) is 1.76. The molecule has 2 aliphatic rings. The van der Waals surface area contributed by atoms with Gasteiger partial charge in [-0.3, -0.25) is 4.90 Å². The molecule has 3 unspecified atom stereocenters. The van der Waals surface area contributed by atoms with Gasteiger partial charge in [0, 0.05) is 19.7 Å². The first-order chi connectivity index (χ1) is 7.85. The van der Waals surface area contributed by atoms with Crippen LogP contribution in [-0.4, -0.2) is 63.0 Å². The van der Waals surface area contributed by atoms with Gasteiger partial charge in [-0.1, -0.05) is 6.92 Å². The van der Waals surface area contributed by atoms with Gasteiger partial charge in [-0.15, -0.1) is 0 Å². The maximum atomic E-state index is 5.97. The molecule has 0 aromatic carbocycles. The largest absolute Gasteiger partial charge is 0.383 e. The molecule has 1 N–H and O–H groups in total.